The number of ether oxygens (including phenoxy) is 3. The van der Waals surface area contributed by atoms with Crippen LogP contribution in [0.1, 0.15) is 0 Å². The number of para-hydroxylation sites is 1. The quantitative estimate of drug-likeness (QED) is 0.264. The zero-order chi connectivity index (χ0) is 19.9. The highest BCUT2D eigenvalue weighted by molar-refractivity contribution is 5.76. The van der Waals surface area contributed by atoms with E-state index >= 15 is 0 Å². The molecule has 0 radical (unpaired) electrons. The molecule has 7 heteroatoms. The molecule has 0 unspecified atom stereocenters. The minimum atomic E-state index is -0.707. The minimum Gasteiger partial charge on any atom is -0.493 e. The van der Waals surface area contributed by atoms with Gasteiger partial charge in [0, 0.05) is 11.6 Å². The molecule has 0 fully saturated rings. The predicted molar refractivity (Wildman–Crippen MR) is 103 cm³/mol. The van der Waals surface area contributed by atoms with Gasteiger partial charge in [0.05, 0.1) is 18.1 Å². The Bertz CT molecular complexity index is 987. The summed E-state index contributed by atoms with van der Waals surface area (Å²) in [6.07, 6.45) is 0. The highest BCUT2D eigenvalue weighted by Crippen LogP contribution is 2.32. The Labute approximate surface area is 161 Å². The van der Waals surface area contributed by atoms with Crippen molar-refractivity contribution in [2.24, 2.45) is 0 Å². The normalized spacial score (nSPS) is 10.2. The molecule has 0 atom stereocenters. The van der Waals surface area contributed by atoms with Crippen LogP contribution in [0.15, 0.2) is 72.8 Å². The summed E-state index contributed by atoms with van der Waals surface area (Å²) in [5.41, 5.74) is 1.58. The van der Waals surface area contributed by atoms with E-state index in [0.717, 1.165) is 17.2 Å². The fourth-order valence-electron chi connectivity index (χ4n) is 2.60. The van der Waals surface area contributed by atoms with Crippen molar-refractivity contribution in [2.45, 2.75) is 0 Å². The third-order valence-corrected chi connectivity index (χ3v) is 3.90. The van der Waals surface area contributed by atoms with Crippen LogP contribution >= 0.6 is 0 Å². The molecule has 3 aromatic carbocycles. The molecule has 28 heavy (non-hydrogen) atoms. The van der Waals surface area contributed by atoms with Crippen LogP contribution in [0.3, 0.4) is 0 Å². The van der Waals surface area contributed by atoms with Crippen LogP contribution in [0.2, 0.25) is 0 Å². The summed E-state index contributed by atoms with van der Waals surface area (Å²) < 4.78 is 15.9. The summed E-state index contributed by atoms with van der Waals surface area (Å²) in [7, 11) is 1.38. The fourth-order valence-corrected chi connectivity index (χ4v) is 2.60. The lowest BCUT2D eigenvalue weighted by molar-refractivity contribution is -0.384. The van der Waals surface area contributed by atoms with Crippen molar-refractivity contribution in [1.82, 2.24) is 0 Å². The summed E-state index contributed by atoms with van der Waals surface area (Å²) in [5, 5.41) is 10.9. The van der Waals surface area contributed by atoms with Gasteiger partial charge >= 0.3 is 5.97 Å². The maximum Gasteiger partial charge on any atom is 0.349 e. The Kier molecular flexibility index (Phi) is 5.86. The lowest BCUT2D eigenvalue weighted by atomic mass is 10.1. The van der Waals surface area contributed by atoms with Gasteiger partial charge in [-0.15, -0.1) is 0 Å². The van der Waals surface area contributed by atoms with Gasteiger partial charge in [-0.25, -0.2) is 4.79 Å². The maximum absolute atomic E-state index is 12.2. The first-order chi connectivity index (χ1) is 13.6. The molecular formula is C21H17NO6. The Balaban J connectivity index is 1.72. The third kappa shape index (κ3) is 4.45. The molecule has 142 valence electrons. The lowest BCUT2D eigenvalue weighted by Gasteiger charge is -2.12. The van der Waals surface area contributed by atoms with E-state index in [-0.39, 0.29) is 23.8 Å². The van der Waals surface area contributed by atoms with Crippen molar-refractivity contribution in [1.29, 1.82) is 0 Å². The summed E-state index contributed by atoms with van der Waals surface area (Å²) in [4.78, 5) is 22.6. The van der Waals surface area contributed by atoms with Crippen molar-refractivity contribution in [2.75, 3.05) is 13.7 Å². The Hall–Kier alpha value is -3.87. The molecule has 0 heterocycles. The van der Waals surface area contributed by atoms with Crippen molar-refractivity contribution >= 4 is 11.7 Å². The topological polar surface area (TPSA) is 87.9 Å². The van der Waals surface area contributed by atoms with Crippen LogP contribution in [-0.2, 0) is 4.79 Å². The molecule has 3 rings (SSSR count). The molecule has 0 bridgehead atoms. The number of nitrogens with zero attached hydrogens (tertiary/aromatic N) is 1. The number of carbonyl (C=O) groups excluding carboxylic acids is 1. The van der Waals surface area contributed by atoms with Crippen molar-refractivity contribution in [3.05, 3.63) is 82.9 Å². The molecule has 0 aliphatic heterocycles. The molecule has 0 saturated heterocycles. The highest BCUT2D eigenvalue weighted by atomic mass is 16.6. The average Bonchev–Trinajstić information content (AvgIpc) is 2.73. The molecular weight excluding hydrogens is 362 g/mol. The summed E-state index contributed by atoms with van der Waals surface area (Å²) in [6, 6.07) is 20.7. The smallest absolute Gasteiger partial charge is 0.349 e. The first kappa shape index (κ1) is 18.9. The number of hydrogen-bond donors (Lipinski definition) is 0. The van der Waals surface area contributed by atoms with Gasteiger partial charge in [0.25, 0.3) is 5.69 Å². The van der Waals surface area contributed by atoms with Crippen LogP contribution in [-0.4, -0.2) is 24.6 Å². The van der Waals surface area contributed by atoms with E-state index in [0.29, 0.717) is 5.75 Å². The number of esters is 1. The van der Waals surface area contributed by atoms with Gasteiger partial charge in [-0.1, -0.05) is 48.5 Å². The van der Waals surface area contributed by atoms with Gasteiger partial charge < -0.3 is 14.2 Å². The van der Waals surface area contributed by atoms with Gasteiger partial charge in [0.15, 0.2) is 18.1 Å². The molecule has 0 amide bonds. The number of non-ortho nitro benzene ring substituents is 1. The van der Waals surface area contributed by atoms with Gasteiger partial charge in [0.1, 0.15) is 5.75 Å². The molecule has 0 aliphatic rings. The van der Waals surface area contributed by atoms with Gasteiger partial charge in [-0.05, 0) is 17.7 Å². The SMILES string of the molecule is COc1ccc([N+](=O)[O-])cc1OC(=O)COc1ccccc1-c1ccccc1. The second-order valence-corrected chi connectivity index (χ2v) is 5.72. The molecule has 0 aromatic heterocycles. The molecule has 3 aromatic rings. The zero-order valence-electron chi connectivity index (χ0n) is 15.0. The maximum atomic E-state index is 12.2. The number of hydrogen-bond acceptors (Lipinski definition) is 6. The van der Waals surface area contributed by atoms with E-state index in [1.54, 1.807) is 12.1 Å². The number of nitro benzene ring substituents is 1. The van der Waals surface area contributed by atoms with Crippen molar-refractivity contribution < 1.29 is 23.9 Å². The van der Waals surface area contributed by atoms with Gasteiger partial charge in [-0.2, -0.15) is 0 Å². The summed E-state index contributed by atoms with van der Waals surface area (Å²) >= 11 is 0. The molecule has 0 saturated carbocycles. The third-order valence-electron chi connectivity index (χ3n) is 3.90. The van der Waals surface area contributed by atoms with Crippen LogP contribution in [0, 0.1) is 10.1 Å². The number of benzene rings is 3. The van der Waals surface area contributed by atoms with E-state index in [2.05, 4.69) is 0 Å². The number of nitro groups is 1. The summed E-state index contributed by atoms with van der Waals surface area (Å²) in [6.45, 7) is -0.365. The molecule has 0 aliphatic carbocycles. The monoisotopic (exact) mass is 379 g/mol. The first-order valence-electron chi connectivity index (χ1n) is 8.39. The van der Waals surface area contributed by atoms with Gasteiger partial charge in [0.2, 0.25) is 0 Å². The average molecular weight is 379 g/mol. The fraction of sp³-hybridized carbons (Fsp3) is 0.0952. The summed E-state index contributed by atoms with van der Waals surface area (Å²) in [5.74, 6) is -0.0106. The number of methoxy groups -OCH3 is 1. The van der Waals surface area contributed by atoms with Crippen LogP contribution in [0.25, 0.3) is 11.1 Å². The lowest BCUT2D eigenvalue weighted by Crippen LogP contribution is -2.18. The second kappa shape index (κ2) is 8.68. The van der Waals surface area contributed by atoms with Crippen LogP contribution in [0.4, 0.5) is 5.69 Å². The zero-order valence-corrected chi connectivity index (χ0v) is 15.0. The van der Waals surface area contributed by atoms with E-state index in [4.69, 9.17) is 14.2 Å². The molecule has 7 nitrogen and oxygen atoms in total. The van der Waals surface area contributed by atoms with E-state index < -0.39 is 10.9 Å². The van der Waals surface area contributed by atoms with Crippen molar-refractivity contribution in [3.63, 3.8) is 0 Å². The first-order valence-corrected chi connectivity index (χ1v) is 8.39. The largest absolute Gasteiger partial charge is 0.493 e. The van der Waals surface area contributed by atoms with Crippen molar-refractivity contribution in [3.8, 4) is 28.4 Å². The Morgan fingerprint density at radius 3 is 2.36 bits per heavy atom. The standard InChI is InChI=1S/C21H17NO6/c1-26-19-12-11-16(22(24)25)13-20(19)28-21(23)14-27-18-10-6-5-9-17(18)15-7-3-2-4-8-15/h2-13H,14H2,1H3. The van der Waals surface area contributed by atoms with Crippen LogP contribution in [0.5, 0.6) is 17.2 Å². The second-order valence-electron chi connectivity index (χ2n) is 5.72. The number of carbonyl (C=O) groups is 1. The van der Waals surface area contributed by atoms with E-state index in [1.807, 2.05) is 42.5 Å². The Morgan fingerprint density at radius 2 is 1.64 bits per heavy atom. The Morgan fingerprint density at radius 1 is 0.929 bits per heavy atom. The predicted octanol–water partition coefficient (Wildman–Crippen LogP) is 4.25. The van der Waals surface area contributed by atoms with E-state index in [1.165, 1.54) is 19.2 Å². The molecule has 0 spiro atoms. The van der Waals surface area contributed by atoms with Crippen LogP contribution < -0.4 is 14.2 Å². The highest BCUT2D eigenvalue weighted by Gasteiger charge is 2.16. The minimum absolute atomic E-state index is 0.0401. The number of rotatable bonds is 7. The van der Waals surface area contributed by atoms with E-state index in [9.17, 15) is 14.9 Å². The molecule has 0 N–H and O–H groups in total. The van der Waals surface area contributed by atoms with Gasteiger partial charge in [-0.3, -0.25) is 10.1 Å².